The van der Waals surface area contributed by atoms with Crippen molar-refractivity contribution >= 4 is 18.3 Å². The topological polar surface area (TPSA) is 58.4 Å². The Morgan fingerprint density at radius 1 is 1.29 bits per heavy atom. The molecule has 0 spiro atoms. The zero-order valence-electron chi connectivity index (χ0n) is 15.0. The van der Waals surface area contributed by atoms with E-state index in [1.165, 1.54) is 5.56 Å². The van der Waals surface area contributed by atoms with Gasteiger partial charge in [-0.3, -0.25) is 9.69 Å². The maximum Gasteiger partial charge on any atom is 0.239 e. The highest BCUT2D eigenvalue weighted by atomic mass is 35.5. The molecule has 2 rings (SSSR count). The van der Waals surface area contributed by atoms with Crippen molar-refractivity contribution in [1.29, 1.82) is 0 Å². The SMILES string of the molecule is CCCC(C)(N)C(=O)NCC1CCN(Cc2ccccc2)CC1.Cl. The van der Waals surface area contributed by atoms with Crippen molar-refractivity contribution in [2.75, 3.05) is 19.6 Å². The van der Waals surface area contributed by atoms with Crippen LogP contribution in [-0.4, -0.2) is 36.0 Å². The molecule has 1 aromatic rings. The van der Waals surface area contributed by atoms with Crippen LogP contribution >= 0.6 is 12.4 Å². The van der Waals surface area contributed by atoms with E-state index in [1.54, 1.807) is 0 Å². The lowest BCUT2D eigenvalue weighted by atomic mass is 9.94. The number of nitrogens with two attached hydrogens (primary N) is 1. The highest BCUT2D eigenvalue weighted by Crippen LogP contribution is 2.19. The van der Waals surface area contributed by atoms with Crippen LogP contribution in [0.4, 0.5) is 0 Å². The second-order valence-electron chi connectivity index (χ2n) is 7.08. The summed E-state index contributed by atoms with van der Waals surface area (Å²) in [7, 11) is 0. The molecular formula is C19H32ClN3O. The number of hydrogen-bond donors (Lipinski definition) is 2. The Kier molecular flexibility index (Phi) is 8.74. The van der Waals surface area contributed by atoms with Gasteiger partial charge in [-0.15, -0.1) is 12.4 Å². The molecule has 1 aromatic carbocycles. The minimum absolute atomic E-state index is 0. The summed E-state index contributed by atoms with van der Waals surface area (Å²) in [5.74, 6) is 0.564. The summed E-state index contributed by atoms with van der Waals surface area (Å²) in [6.07, 6.45) is 3.94. The zero-order chi connectivity index (χ0) is 16.7. The minimum Gasteiger partial charge on any atom is -0.354 e. The van der Waals surface area contributed by atoms with Crippen molar-refractivity contribution in [3.8, 4) is 0 Å². The Morgan fingerprint density at radius 2 is 1.92 bits per heavy atom. The maximum absolute atomic E-state index is 12.2. The summed E-state index contributed by atoms with van der Waals surface area (Å²) < 4.78 is 0. The molecule has 1 aliphatic rings. The zero-order valence-corrected chi connectivity index (χ0v) is 15.8. The summed E-state index contributed by atoms with van der Waals surface area (Å²) >= 11 is 0. The fourth-order valence-corrected chi connectivity index (χ4v) is 3.26. The van der Waals surface area contributed by atoms with Gasteiger partial charge in [-0.1, -0.05) is 43.7 Å². The predicted molar refractivity (Wildman–Crippen MR) is 102 cm³/mol. The molecule has 5 heteroatoms. The van der Waals surface area contributed by atoms with Crippen molar-refractivity contribution in [2.24, 2.45) is 11.7 Å². The number of carbonyl (C=O) groups excluding carboxylic acids is 1. The summed E-state index contributed by atoms with van der Waals surface area (Å²) in [5.41, 5.74) is 6.71. The lowest BCUT2D eigenvalue weighted by Gasteiger charge is -2.32. The van der Waals surface area contributed by atoms with Crippen molar-refractivity contribution < 1.29 is 4.79 Å². The van der Waals surface area contributed by atoms with Gasteiger partial charge < -0.3 is 11.1 Å². The molecule has 1 fully saturated rings. The molecule has 0 aromatic heterocycles. The van der Waals surface area contributed by atoms with E-state index < -0.39 is 5.54 Å². The third-order valence-electron chi connectivity index (χ3n) is 4.80. The van der Waals surface area contributed by atoms with E-state index in [0.29, 0.717) is 5.92 Å². The number of nitrogens with one attached hydrogen (secondary N) is 1. The number of carbonyl (C=O) groups is 1. The quantitative estimate of drug-likeness (QED) is 0.792. The van der Waals surface area contributed by atoms with Gasteiger partial charge in [0.2, 0.25) is 5.91 Å². The summed E-state index contributed by atoms with van der Waals surface area (Å²) in [4.78, 5) is 14.7. The monoisotopic (exact) mass is 353 g/mol. The molecule has 1 saturated heterocycles. The summed E-state index contributed by atoms with van der Waals surface area (Å²) in [5, 5.41) is 3.06. The lowest BCUT2D eigenvalue weighted by Crippen LogP contribution is -2.52. The molecule has 1 heterocycles. The normalized spacial score (nSPS) is 18.5. The smallest absolute Gasteiger partial charge is 0.239 e. The van der Waals surface area contributed by atoms with Gasteiger partial charge in [-0.2, -0.15) is 0 Å². The standard InChI is InChI=1S/C19H31N3O.ClH/c1-3-11-19(2,20)18(23)21-14-16-9-12-22(13-10-16)15-17-7-5-4-6-8-17;/h4-8,16H,3,9-15,20H2,1-2H3,(H,21,23);1H. The largest absolute Gasteiger partial charge is 0.354 e. The maximum atomic E-state index is 12.2. The first-order valence-corrected chi connectivity index (χ1v) is 8.84. The van der Waals surface area contributed by atoms with Crippen LogP contribution in [0, 0.1) is 5.92 Å². The van der Waals surface area contributed by atoms with Crippen LogP contribution in [0.2, 0.25) is 0 Å². The molecule has 0 bridgehead atoms. The van der Waals surface area contributed by atoms with Crippen molar-refractivity contribution in [2.45, 2.75) is 51.6 Å². The molecule has 1 amide bonds. The Hall–Kier alpha value is -1.10. The molecule has 136 valence electrons. The van der Waals surface area contributed by atoms with E-state index >= 15 is 0 Å². The van der Waals surface area contributed by atoms with E-state index in [1.807, 2.05) is 6.92 Å². The number of halogens is 1. The predicted octanol–water partition coefficient (Wildman–Crippen LogP) is 2.95. The molecular weight excluding hydrogens is 322 g/mol. The highest BCUT2D eigenvalue weighted by molar-refractivity contribution is 5.85. The van der Waals surface area contributed by atoms with Crippen LogP contribution in [0.5, 0.6) is 0 Å². The number of piperidine rings is 1. The number of likely N-dealkylation sites (tertiary alicyclic amines) is 1. The molecule has 24 heavy (non-hydrogen) atoms. The van der Waals surface area contributed by atoms with Crippen LogP contribution < -0.4 is 11.1 Å². The molecule has 1 atom stereocenters. The van der Waals surface area contributed by atoms with Gasteiger partial charge in [0.25, 0.3) is 0 Å². The van der Waals surface area contributed by atoms with Crippen LogP contribution in [0.3, 0.4) is 0 Å². The third kappa shape index (κ3) is 6.42. The van der Waals surface area contributed by atoms with Gasteiger partial charge >= 0.3 is 0 Å². The van der Waals surface area contributed by atoms with E-state index in [-0.39, 0.29) is 18.3 Å². The van der Waals surface area contributed by atoms with Crippen molar-refractivity contribution in [3.63, 3.8) is 0 Å². The summed E-state index contributed by atoms with van der Waals surface area (Å²) in [6, 6.07) is 10.6. The number of nitrogens with zero attached hydrogens (tertiary/aromatic N) is 1. The Morgan fingerprint density at radius 3 is 2.50 bits per heavy atom. The van der Waals surface area contributed by atoms with E-state index in [4.69, 9.17) is 5.73 Å². The van der Waals surface area contributed by atoms with Crippen LogP contribution in [-0.2, 0) is 11.3 Å². The van der Waals surface area contributed by atoms with Gasteiger partial charge in [-0.05, 0) is 50.8 Å². The van der Waals surface area contributed by atoms with Crippen LogP contribution in [0.1, 0.15) is 45.1 Å². The molecule has 0 saturated carbocycles. The molecule has 0 radical (unpaired) electrons. The number of rotatable bonds is 7. The summed E-state index contributed by atoms with van der Waals surface area (Å²) in [6.45, 7) is 7.87. The van der Waals surface area contributed by atoms with Gasteiger partial charge in [0.05, 0.1) is 5.54 Å². The third-order valence-corrected chi connectivity index (χ3v) is 4.80. The number of hydrogen-bond acceptors (Lipinski definition) is 3. The van der Waals surface area contributed by atoms with E-state index in [9.17, 15) is 4.79 Å². The fraction of sp³-hybridized carbons (Fsp3) is 0.632. The van der Waals surface area contributed by atoms with E-state index in [0.717, 1.165) is 51.9 Å². The van der Waals surface area contributed by atoms with Crippen molar-refractivity contribution in [3.05, 3.63) is 35.9 Å². The Bertz CT molecular complexity index is 485. The van der Waals surface area contributed by atoms with E-state index in [2.05, 4.69) is 47.5 Å². The number of benzene rings is 1. The second kappa shape index (κ2) is 10.0. The number of amides is 1. The van der Waals surface area contributed by atoms with Gasteiger partial charge in [0.15, 0.2) is 0 Å². The lowest BCUT2D eigenvalue weighted by molar-refractivity contribution is -0.126. The first-order valence-electron chi connectivity index (χ1n) is 8.84. The highest BCUT2D eigenvalue weighted by Gasteiger charge is 2.28. The first kappa shape index (κ1) is 20.9. The average molecular weight is 354 g/mol. The van der Waals surface area contributed by atoms with Gasteiger partial charge in [-0.25, -0.2) is 0 Å². The minimum atomic E-state index is -0.733. The molecule has 3 N–H and O–H groups in total. The van der Waals surface area contributed by atoms with Crippen LogP contribution in [0.15, 0.2) is 30.3 Å². The molecule has 1 unspecified atom stereocenters. The second-order valence-corrected chi connectivity index (χ2v) is 7.08. The molecule has 0 aliphatic carbocycles. The molecule has 4 nitrogen and oxygen atoms in total. The van der Waals surface area contributed by atoms with Crippen molar-refractivity contribution in [1.82, 2.24) is 10.2 Å². The van der Waals surface area contributed by atoms with Gasteiger partial charge in [0, 0.05) is 13.1 Å². The first-order chi connectivity index (χ1) is 11.0. The van der Waals surface area contributed by atoms with Crippen LogP contribution in [0.25, 0.3) is 0 Å². The fourth-order valence-electron chi connectivity index (χ4n) is 3.26. The van der Waals surface area contributed by atoms with Gasteiger partial charge in [0.1, 0.15) is 0 Å². The Labute approximate surface area is 152 Å². The average Bonchev–Trinajstić information content (AvgIpc) is 2.55. The molecule has 1 aliphatic heterocycles. The Balaban J connectivity index is 0.00000288.